The number of urea groups is 1. The summed E-state index contributed by atoms with van der Waals surface area (Å²) in [5.41, 5.74) is 1.80. The summed E-state index contributed by atoms with van der Waals surface area (Å²) in [5, 5.41) is 5.91. The molecule has 1 unspecified atom stereocenters. The predicted octanol–water partition coefficient (Wildman–Crippen LogP) is 3.36. The van der Waals surface area contributed by atoms with Gasteiger partial charge in [-0.3, -0.25) is 14.5 Å². The molecule has 6 nitrogen and oxygen atoms in total. The molecule has 0 radical (unpaired) electrons. The van der Waals surface area contributed by atoms with Crippen molar-refractivity contribution < 1.29 is 14.4 Å². The lowest BCUT2D eigenvalue weighted by Crippen LogP contribution is -2.42. The fourth-order valence-corrected chi connectivity index (χ4v) is 3.36. The minimum absolute atomic E-state index is 0.366. The first kappa shape index (κ1) is 18.9. The van der Waals surface area contributed by atoms with Crippen LogP contribution in [-0.2, 0) is 15.1 Å². The standard InChI is InChI=1S/C20H20ClN3O3/c1-12-6-4-7-13(2)17(12)22-16(25)11-24-18(26)20(3,23-19(24)27)14-8-5-9-15(21)10-14/h4-10H,11H2,1-3H3,(H,22,25)(H,23,27). The van der Waals surface area contributed by atoms with E-state index >= 15 is 0 Å². The topological polar surface area (TPSA) is 78.5 Å². The van der Waals surface area contributed by atoms with Crippen LogP contribution in [0.3, 0.4) is 0 Å². The summed E-state index contributed by atoms with van der Waals surface area (Å²) in [4.78, 5) is 38.6. The smallest absolute Gasteiger partial charge is 0.324 e. The molecule has 2 aromatic carbocycles. The first-order valence-electron chi connectivity index (χ1n) is 8.48. The van der Waals surface area contributed by atoms with Crippen molar-refractivity contribution in [1.29, 1.82) is 0 Å². The Bertz CT molecular complexity index is 924. The molecule has 3 rings (SSSR count). The summed E-state index contributed by atoms with van der Waals surface area (Å²) < 4.78 is 0. The van der Waals surface area contributed by atoms with E-state index in [1.807, 2.05) is 32.0 Å². The second-order valence-corrected chi connectivity index (χ2v) is 7.21. The van der Waals surface area contributed by atoms with Gasteiger partial charge in [0, 0.05) is 10.7 Å². The summed E-state index contributed by atoms with van der Waals surface area (Å²) in [5.74, 6) is -0.933. The third kappa shape index (κ3) is 3.53. The summed E-state index contributed by atoms with van der Waals surface area (Å²) in [6.45, 7) is 5.00. The number of carbonyl (C=O) groups excluding carboxylic acids is 3. The average Bonchev–Trinajstić information content (AvgIpc) is 2.82. The highest BCUT2D eigenvalue weighted by atomic mass is 35.5. The molecule has 0 saturated carbocycles. The van der Waals surface area contributed by atoms with Crippen LogP contribution in [0, 0.1) is 13.8 Å². The summed E-state index contributed by atoms with van der Waals surface area (Å²) in [6, 6.07) is 11.8. The van der Waals surface area contributed by atoms with Gasteiger partial charge in [-0.2, -0.15) is 0 Å². The fourth-order valence-electron chi connectivity index (χ4n) is 3.17. The number of nitrogens with one attached hydrogen (secondary N) is 2. The SMILES string of the molecule is Cc1cccc(C)c1NC(=O)CN1C(=O)NC(C)(c2cccc(Cl)c2)C1=O. The summed E-state index contributed by atoms with van der Waals surface area (Å²) in [7, 11) is 0. The number of anilines is 1. The number of hydrogen-bond donors (Lipinski definition) is 2. The highest BCUT2D eigenvalue weighted by Crippen LogP contribution is 2.30. The highest BCUT2D eigenvalue weighted by Gasteiger charge is 2.49. The van der Waals surface area contributed by atoms with Gasteiger partial charge < -0.3 is 10.6 Å². The molecule has 27 heavy (non-hydrogen) atoms. The van der Waals surface area contributed by atoms with Crippen LogP contribution in [0.25, 0.3) is 0 Å². The highest BCUT2D eigenvalue weighted by molar-refractivity contribution is 6.30. The summed E-state index contributed by atoms with van der Waals surface area (Å²) in [6.07, 6.45) is 0. The normalized spacial score (nSPS) is 19.2. The lowest BCUT2D eigenvalue weighted by molar-refractivity contribution is -0.133. The predicted molar refractivity (Wildman–Crippen MR) is 104 cm³/mol. The number of halogens is 1. The number of carbonyl (C=O) groups is 3. The molecule has 1 atom stereocenters. The van der Waals surface area contributed by atoms with Crippen molar-refractivity contribution >= 4 is 35.1 Å². The molecule has 4 amide bonds. The van der Waals surface area contributed by atoms with Crippen LogP contribution in [0.15, 0.2) is 42.5 Å². The zero-order chi connectivity index (χ0) is 19.8. The van der Waals surface area contributed by atoms with Crippen molar-refractivity contribution in [3.8, 4) is 0 Å². The minimum Gasteiger partial charge on any atom is -0.324 e. The Hall–Kier alpha value is -2.86. The van der Waals surface area contributed by atoms with E-state index < -0.39 is 23.4 Å². The molecule has 7 heteroatoms. The molecule has 0 bridgehead atoms. The molecule has 1 aliphatic heterocycles. The molecule has 0 aliphatic carbocycles. The lowest BCUT2D eigenvalue weighted by Gasteiger charge is -2.22. The van der Waals surface area contributed by atoms with E-state index in [1.165, 1.54) is 0 Å². The van der Waals surface area contributed by atoms with E-state index in [9.17, 15) is 14.4 Å². The van der Waals surface area contributed by atoms with E-state index in [0.717, 1.165) is 16.0 Å². The molecular weight excluding hydrogens is 366 g/mol. The van der Waals surface area contributed by atoms with Crippen molar-refractivity contribution in [2.24, 2.45) is 0 Å². The van der Waals surface area contributed by atoms with E-state index in [0.29, 0.717) is 16.3 Å². The van der Waals surface area contributed by atoms with Gasteiger partial charge in [-0.05, 0) is 49.6 Å². The van der Waals surface area contributed by atoms with Crippen molar-refractivity contribution in [3.05, 3.63) is 64.2 Å². The van der Waals surface area contributed by atoms with Crippen molar-refractivity contribution in [3.63, 3.8) is 0 Å². The number of nitrogens with zero attached hydrogens (tertiary/aromatic N) is 1. The molecule has 2 aromatic rings. The Balaban J connectivity index is 1.79. The first-order valence-corrected chi connectivity index (χ1v) is 8.86. The van der Waals surface area contributed by atoms with E-state index in [2.05, 4.69) is 10.6 Å². The van der Waals surface area contributed by atoms with Crippen LogP contribution in [0.5, 0.6) is 0 Å². The van der Waals surface area contributed by atoms with Crippen LogP contribution in [0.1, 0.15) is 23.6 Å². The monoisotopic (exact) mass is 385 g/mol. The second-order valence-electron chi connectivity index (χ2n) is 6.77. The Labute approximate surface area is 162 Å². The third-order valence-electron chi connectivity index (χ3n) is 4.72. The van der Waals surface area contributed by atoms with Gasteiger partial charge >= 0.3 is 6.03 Å². The van der Waals surface area contributed by atoms with Crippen LogP contribution in [0.2, 0.25) is 5.02 Å². The largest absolute Gasteiger partial charge is 0.325 e. The van der Waals surface area contributed by atoms with Crippen molar-refractivity contribution in [2.75, 3.05) is 11.9 Å². The number of hydrogen-bond acceptors (Lipinski definition) is 3. The number of aryl methyl sites for hydroxylation is 2. The first-order chi connectivity index (χ1) is 12.7. The zero-order valence-corrected chi connectivity index (χ0v) is 16.1. The number of rotatable bonds is 4. The van der Waals surface area contributed by atoms with Crippen molar-refractivity contribution in [1.82, 2.24) is 10.2 Å². The van der Waals surface area contributed by atoms with Gasteiger partial charge in [0.2, 0.25) is 5.91 Å². The van der Waals surface area contributed by atoms with Crippen LogP contribution < -0.4 is 10.6 Å². The molecule has 140 valence electrons. The molecule has 2 N–H and O–H groups in total. The van der Waals surface area contributed by atoms with Crippen molar-refractivity contribution in [2.45, 2.75) is 26.3 Å². The van der Waals surface area contributed by atoms with Gasteiger partial charge in [0.15, 0.2) is 0 Å². The molecule has 1 heterocycles. The molecule has 0 spiro atoms. The van der Waals surface area contributed by atoms with Gasteiger partial charge in [-0.25, -0.2) is 4.79 Å². The maximum atomic E-state index is 12.9. The summed E-state index contributed by atoms with van der Waals surface area (Å²) >= 11 is 6.01. The number of para-hydroxylation sites is 1. The Morgan fingerprint density at radius 1 is 1.15 bits per heavy atom. The number of benzene rings is 2. The lowest BCUT2D eigenvalue weighted by atomic mass is 9.92. The molecule has 1 aliphatic rings. The maximum absolute atomic E-state index is 12.9. The Morgan fingerprint density at radius 3 is 2.41 bits per heavy atom. The Kier molecular flexibility index (Phi) is 4.93. The van der Waals surface area contributed by atoms with Crippen LogP contribution >= 0.6 is 11.6 Å². The zero-order valence-electron chi connectivity index (χ0n) is 15.3. The van der Waals surface area contributed by atoms with Gasteiger partial charge in [-0.1, -0.05) is 41.9 Å². The van der Waals surface area contributed by atoms with E-state index in [1.54, 1.807) is 31.2 Å². The third-order valence-corrected chi connectivity index (χ3v) is 4.96. The van der Waals surface area contributed by atoms with E-state index in [-0.39, 0.29) is 6.54 Å². The number of amides is 4. The van der Waals surface area contributed by atoms with Gasteiger partial charge in [-0.15, -0.1) is 0 Å². The van der Waals surface area contributed by atoms with Crippen LogP contribution in [-0.4, -0.2) is 29.3 Å². The Morgan fingerprint density at radius 2 is 1.78 bits per heavy atom. The average molecular weight is 386 g/mol. The quantitative estimate of drug-likeness (QED) is 0.792. The molecule has 1 fully saturated rings. The molecule has 1 saturated heterocycles. The van der Waals surface area contributed by atoms with E-state index in [4.69, 9.17) is 11.6 Å². The minimum atomic E-state index is -1.26. The second kappa shape index (κ2) is 7.04. The van der Waals surface area contributed by atoms with Gasteiger partial charge in [0.25, 0.3) is 5.91 Å². The van der Waals surface area contributed by atoms with Crippen LogP contribution in [0.4, 0.5) is 10.5 Å². The molecular formula is C20H20ClN3O3. The maximum Gasteiger partial charge on any atom is 0.325 e. The van der Waals surface area contributed by atoms with Gasteiger partial charge in [0.05, 0.1) is 0 Å². The number of imide groups is 1. The fraction of sp³-hybridized carbons (Fsp3) is 0.250. The van der Waals surface area contributed by atoms with Gasteiger partial charge in [0.1, 0.15) is 12.1 Å². The molecule has 0 aromatic heterocycles.